The number of carbonyl (C=O) groups is 1. The highest BCUT2D eigenvalue weighted by Crippen LogP contribution is 2.20. The summed E-state index contributed by atoms with van der Waals surface area (Å²) < 4.78 is 1.72. The van der Waals surface area contributed by atoms with Crippen LogP contribution >= 0.6 is 0 Å². The molecule has 1 aliphatic heterocycles. The van der Waals surface area contributed by atoms with Crippen LogP contribution in [0.15, 0.2) is 12.4 Å². The Hall–Kier alpha value is -1.36. The summed E-state index contributed by atoms with van der Waals surface area (Å²) in [5.74, 6) is 0.161. The van der Waals surface area contributed by atoms with Crippen LogP contribution in [0.25, 0.3) is 0 Å². The molecule has 5 heteroatoms. The number of amides is 1. The van der Waals surface area contributed by atoms with Crippen molar-refractivity contribution in [1.29, 1.82) is 0 Å². The third kappa shape index (κ3) is 3.80. The predicted octanol–water partition coefficient (Wildman–Crippen LogP) is 1.12. The van der Waals surface area contributed by atoms with Crippen molar-refractivity contribution in [2.45, 2.75) is 44.6 Å². The van der Waals surface area contributed by atoms with Gasteiger partial charge in [0.25, 0.3) is 0 Å². The first kappa shape index (κ1) is 14.1. The molecule has 0 spiro atoms. The van der Waals surface area contributed by atoms with E-state index in [2.05, 4.69) is 5.10 Å². The van der Waals surface area contributed by atoms with E-state index in [9.17, 15) is 4.79 Å². The number of aliphatic hydroxyl groups is 1. The normalized spacial score (nSPS) is 20.3. The van der Waals surface area contributed by atoms with Crippen LogP contribution in [0.4, 0.5) is 0 Å². The smallest absolute Gasteiger partial charge is 0.227 e. The number of hydrogen-bond donors (Lipinski definition) is 1. The molecule has 1 saturated heterocycles. The Morgan fingerprint density at radius 1 is 1.47 bits per heavy atom. The first-order valence-electron chi connectivity index (χ1n) is 7.08. The molecule has 5 nitrogen and oxygen atoms in total. The molecule has 0 bridgehead atoms. The summed E-state index contributed by atoms with van der Waals surface area (Å²) in [4.78, 5) is 14.4. The second-order valence-corrected chi connectivity index (χ2v) is 5.30. The maximum Gasteiger partial charge on any atom is 0.227 e. The summed E-state index contributed by atoms with van der Waals surface area (Å²) >= 11 is 0. The average Bonchev–Trinajstić information content (AvgIpc) is 2.65. The van der Waals surface area contributed by atoms with E-state index in [1.165, 1.54) is 6.42 Å². The summed E-state index contributed by atoms with van der Waals surface area (Å²) in [7, 11) is 1.86. The van der Waals surface area contributed by atoms with Crippen molar-refractivity contribution < 1.29 is 9.90 Å². The van der Waals surface area contributed by atoms with Gasteiger partial charge in [-0.15, -0.1) is 0 Å². The number of likely N-dealkylation sites (tertiary alicyclic amines) is 1. The number of nitrogens with zero attached hydrogens (tertiary/aromatic N) is 3. The fraction of sp³-hybridized carbons (Fsp3) is 0.714. The van der Waals surface area contributed by atoms with E-state index in [1.807, 2.05) is 18.1 Å². The molecule has 1 N–H and O–H groups in total. The third-order valence-corrected chi connectivity index (χ3v) is 3.77. The molecule has 1 aromatic heterocycles. The fourth-order valence-corrected chi connectivity index (χ4v) is 2.79. The summed E-state index contributed by atoms with van der Waals surface area (Å²) in [6.07, 6.45) is 9.15. The van der Waals surface area contributed by atoms with Crippen LogP contribution in [0.2, 0.25) is 0 Å². The Morgan fingerprint density at radius 3 is 3.00 bits per heavy atom. The molecule has 0 aromatic carbocycles. The van der Waals surface area contributed by atoms with Crippen molar-refractivity contribution in [3.05, 3.63) is 18.0 Å². The molecule has 0 aliphatic carbocycles. The molecule has 1 fully saturated rings. The summed E-state index contributed by atoms with van der Waals surface area (Å²) in [6.45, 7) is 0.977. The zero-order valence-electron chi connectivity index (χ0n) is 11.6. The van der Waals surface area contributed by atoms with Gasteiger partial charge in [0.05, 0.1) is 12.6 Å². The maximum absolute atomic E-state index is 12.4. The second-order valence-electron chi connectivity index (χ2n) is 5.30. The van der Waals surface area contributed by atoms with Gasteiger partial charge >= 0.3 is 0 Å². The number of carbonyl (C=O) groups excluding carboxylic acids is 1. The van der Waals surface area contributed by atoms with Crippen molar-refractivity contribution in [3.63, 3.8) is 0 Å². The Balaban J connectivity index is 2.01. The molecule has 1 unspecified atom stereocenters. The SMILES string of the molecule is Cn1cc(CC(=O)N2CCCCCC2CCO)cn1. The zero-order valence-corrected chi connectivity index (χ0v) is 11.6. The molecule has 0 saturated carbocycles. The fourth-order valence-electron chi connectivity index (χ4n) is 2.79. The number of hydrogen-bond acceptors (Lipinski definition) is 3. The Bertz CT molecular complexity index is 417. The largest absolute Gasteiger partial charge is 0.396 e. The van der Waals surface area contributed by atoms with Crippen LogP contribution in [-0.2, 0) is 18.3 Å². The minimum absolute atomic E-state index is 0.154. The number of aryl methyl sites for hydroxylation is 1. The molecule has 1 aromatic rings. The minimum atomic E-state index is 0.154. The van der Waals surface area contributed by atoms with Crippen LogP contribution in [0.5, 0.6) is 0 Å². The molecule has 1 atom stereocenters. The highest BCUT2D eigenvalue weighted by Gasteiger charge is 2.25. The Labute approximate surface area is 114 Å². The molecule has 0 radical (unpaired) electrons. The van der Waals surface area contributed by atoms with Gasteiger partial charge < -0.3 is 10.0 Å². The van der Waals surface area contributed by atoms with Gasteiger partial charge in [-0.1, -0.05) is 12.8 Å². The maximum atomic E-state index is 12.4. The monoisotopic (exact) mass is 265 g/mol. The summed E-state index contributed by atoms with van der Waals surface area (Å²) in [6, 6.07) is 0.205. The van der Waals surface area contributed by atoms with E-state index < -0.39 is 0 Å². The van der Waals surface area contributed by atoms with Gasteiger partial charge in [0.1, 0.15) is 0 Å². The minimum Gasteiger partial charge on any atom is -0.396 e. The van der Waals surface area contributed by atoms with Gasteiger partial charge in [-0.25, -0.2) is 0 Å². The van der Waals surface area contributed by atoms with Crippen molar-refractivity contribution in [2.24, 2.45) is 7.05 Å². The van der Waals surface area contributed by atoms with Crippen molar-refractivity contribution >= 4 is 5.91 Å². The van der Waals surface area contributed by atoms with Gasteiger partial charge in [0, 0.05) is 32.4 Å². The first-order chi connectivity index (χ1) is 9.20. The standard InChI is InChI=1S/C14H23N3O2/c1-16-11-12(10-15-16)9-14(19)17-7-4-2-3-5-13(17)6-8-18/h10-11,13,18H,2-9H2,1H3. The Morgan fingerprint density at radius 2 is 2.32 bits per heavy atom. The van der Waals surface area contributed by atoms with E-state index in [4.69, 9.17) is 5.11 Å². The van der Waals surface area contributed by atoms with E-state index in [0.29, 0.717) is 12.8 Å². The summed E-state index contributed by atoms with van der Waals surface area (Å²) in [5, 5.41) is 13.2. The summed E-state index contributed by atoms with van der Waals surface area (Å²) in [5.41, 5.74) is 0.958. The zero-order chi connectivity index (χ0) is 13.7. The molecular formula is C14H23N3O2. The molecular weight excluding hydrogens is 242 g/mol. The number of rotatable bonds is 4. The van der Waals surface area contributed by atoms with Crippen LogP contribution in [0, 0.1) is 0 Å². The van der Waals surface area contributed by atoms with E-state index in [-0.39, 0.29) is 18.6 Å². The molecule has 1 aliphatic rings. The second kappa shape index (κ2) is 6.70. The topological polar surface area (TPSA) is 58.4 Å². The highest BCUT2D eigenvalue weighted by atomic mass is 16.3. The first-order valence-corrected chi connectivity index (χ1v) is 7.08. The number of aromatic nitrogens is 2. The van der Waals surface area contributed by atoms with Gasteiger partial charge in [-0.05, 0) is 24.8 Å². The third-order valence-electron chi connectivity index (χ3n) is 3.77. The van der Waals surface area contributed by atoms with Gasteiger partial charge in [-0.3, -0.25) is 9.48 Å². The quantitative estimate of drug-likeness (QED) is 0.887. The van der Waals surface area contributed by atoms with E-state index in [0.717, 1.165) is 31.4 Å². The highest BCUT2D eigenvalue weighted by molar-refractivity contribution is 5.79. The van der Waals surface area contributed by atoms with Crippen molar-refractivity contribution in [2.75, 3.05) is 13.2 Å². The van der Waals surface area contributed by atoms with Crippen molar-refractivity contribution in [3.8, 4) is 0 Å². The molecule has 2 heterocycles. The lowest BCUT2D eigenvalue weighted by atomic mass is 10.1. The van der Waals surface area contributed by atoms with Crippen LogP contribution in [-0.4, -0.2) is 44.9 Å². The van der Waals surface area contributed by atoms with Gasteiger partial charge in [0.2, 0.25) is 5.91 Å². The molecule has 106 valence electrons. The molecule has 2 rings (SSSR count). The lowest BCUT2D eigenvalue weighted by Gasteiger charge is -2.29. The van der Waals surface area contributed by atoms with Crippen LogP contribution < -0.4 is 0 Å². The Kier molecular flexibility index (Phi) is 4.96. The lowest BCUT2D eigenvalue weighted by Crippen LogP contribution is -2.41. The van der Waals surface area contributed by atoms with Crippen LogP contribution in [0.3, 0.4) is 0 Å². The van der Waals surface area contributed by atoms with E-state index in [1.54, 1.807) is 10.9 Å². The van der Waals surface area contributed by atoms with Crippen molar-refractivity contribution in [1.82, 2.24) is 14.7 Å². The van der Waals surface area contributed by atoms with Gasteiger partial charge in [-0.2, -0.15) is 5.10 Å². The number of aliphatic hydroxyl groups excluding tert-OH is 1. The van der Waals surface area contributed by atoms with E-state index >= 15 is 0 Å². The molecule has 1 amide bonds. The predicted molar refractivity (Wildman–Crippen MR) is 72.6 cm³/mol. The average molecular weight is 265 g/mol. The molecule has 19 heavy (non-hydrogen) atoms. The van der Waals surface area contributed by atoms with Crippen LogP contribution in [0.1, 0.15) is 37.7 Å². The van der Waals surface area contributed by atoms with Gasteiger partial charge in [0.15, 0.2) is 0 Å². The lowest BCUT2D eigenvalue weighted by molar-refractivity contribution is -0.133.